The maximum Gasteiger partial charge on any atom is 0.0931 e. The second-order valence-electron chi connectivity index (χ2n) is 5.19. The van der Waals surface area contributed by atoms with Gasteiger partial charge < -0.3 is 10.0 Å². The van der Waals surface area contributed by atoms with Crippen LogP contribution in [0, 0.1) is 0 Å². The standard InChI is InChI=1S/C14H22N2O/c1-6-9-16(14(3,4)5)12-7-8-13(11(2)17)15-10-12/h6-8,10-11,17H,1,9H2,2-5H3. The van der Waals surface area contributed by atoms with Crippen molar-refractivity contribution in [3.05, 3.63) is 36.7 Å². The second kappa shape index (κ2) is 5.32. The fraction of sp³-hybridized carbons (Fsp3) is 0.500. The molecule has 0 aliphatic carbocycles. The molecule has 0 fully saturated rings. The highest BCUT2D eigenvalue weighted by molar-refractivity contribution is 5.47. The smallest absolute Gasteiger partial charge is 0.0931 e. The van der Waals surface area contributed by atoms with Crippen molar-refractivity contribution in [3.63, 3.8) is 0 Å². The molecule has 3 nitrogen and oxygen atoms in total. The third-order valence-electron chi connectivity index (χ3n) is 2.63. The van der Waals surface area contributed by atoms with Gasteiger partial charge in [-0.05, 0) is 39.8 Å². The van der Waals surface area contributed by atoms with Crippen LogP contribution in [0.1, 0.15) is 39.5 Å². The molecule has 0 aromatic carbocycles. The van der Waals surface area contributed by atoms with Crippen LogP contribution in [0.15, 0.2) is 31.0 Å². The van der Waals surface area contributed by atoms with Gasteiger partial charge in [-0.15, -0.1) is 6.58 Å². The molecule has 1 aromatic rings. The van der Waals surface area contributed by atoms with Crippen molar-refractivity contribution in [2.45, 2.75) is 39.3 Å². The van der Waals surface area contributed by atoms with E-state index in [-0.39, 0.29) is 5.54 Å². The third-order valence-corrected chi connectivity index (χ3v) is 2.63. The van der Waals surface area contributed by atoms with Gasteiger partial charge in [0.05, 0.1) is 23.7 Å². The van der Waals surface area contributed by atoms with Crippen molar-refractivity contribution in [1.29, 1.82) is 0 Å². The number of aromatic nitrogens is 1. The fourth-order valence-electron chi connectivity index (χ4n) is 1.70. The van der Waals surface area contributed by atoms with Gasteiger partial charge >= 0.3 is 0 Å². The Bertz CT molecular complexity index is 363. The van der Waals surface area contributed by atoms with Gasteiger partial charge in [-0.2, -0.15) is 0 Å². The van der Waals surface area contributed by atoms with Crippen LogP contribution in [0.5, 0.6) is 0 Å². The van der Waals surface area contributed by atoms with Crippen LogP contribution in [0.2, 0.25) is 0 Å². The average Bonchev–Trinajstić information content (AvgIpc) is 2.24. The van der Waals surface area contributed by atoms with Crippen molar-refractivity contribution < 1.29 is 5.11 Å². The molecule has 0 amide bonds. The molecule has 0 bridgehead atoms. The highest BCUT2D eigenvalue weighted by Gasteiger charge is 2.20. The molecule has 3 heteroatoms. The Hall–Kier alpha value is -1.35. The Kier molecular flexibility index (Phi) is 4.29. The van der Waals surface area contributed by atoms with Crippen LogP contribution < -0.4 is 4.90 Å². The van der Waals surface area contributed by atoms with E-state index in [4.69, 9.17) is 0 Å². The molecule has 17 heavy (non-hydrogen) atoms. The van der Waals surface area contributed by atoms with Gasteiger partial charge in [-0.3, -0.25) is 4.98 Å². The lowest BCUT2D eigenvalue weighted by Gasteiger charge is -2.36. The molecule has 1 heterocycles. The quantitative estimate of drug-likeness (QED) is 0.814. The van der Waals surface area contributed by atoms with E-state index in [2.05, 4.69) is 37.2 Å². The van der Waals surface area contributed by atoms with Crippen LogP contribution >= 0.6 is 0 Å². The highest BCUT2D eigenvalue weighted by Crippen LogP contribution is 2.23. The van der Waals surface area contributed by atoms with Crippen molar-refractivity contribution in [2.24, 2.45) is 0 Å². The van der Waals surface area contributed by atoms with E-state index in [1.807, 2.05) is 18.2 Å². The predicted molar refractivity (Wildman–Crippen MR) is 72.2 cm³/mol. The fourth-order valence-corrected chi connectivity index (χ4v) is 1.70. The van der Waals surface area contributed by atoms with Crippen LogP contribution in [0.4, 0.5) is 5.69 Å². The molecule has 1 atom stereocenters. The topological polar surface area (TPSA) is 36.4 Å². The zero-order valence-corrected chi connectivity index (χ0v) is 11.1. The Morgan fingerprint density at radius 3 is 2.47 bits per heavy atom. The number of aliphatic hydroxyl groups excluding tert-OH is 1. The Morgan fingerprint density at radius 2 is 2.12 bits per heavy atom. The number of hydrogen-bond donors (Lipinski definition) is 1. The SMILES string of the molecule is C=CCN(c1ccc(C(C)O)nc1)C(C)(C)C. The molecule has 1 aromatic heterocycles. The summed E-state index contributed by atoms with van der Waals surface area (Å²) in [6.45, 7) is 12.7. The second-order valence-corrected chi connectivity index (χ2v) is 5.19. The van der Waals surface area contributed by atoms with Crippen LogP contribution in [0.25, 0.3) is 0 Å². The summed E-state index contributed by atoms with van der Waals surface area (Å²) in [5, 5.41) is 9.42. The maximum absolute atomic E-state index is 9.42. The van der Waals surface area contributed by atoms with Crippen molar-refractivity contribution >= 4 is 5.69 Å². The summed E-state index contributed by atoms with van der Waals surface area (Å²) in [7, 11) is 0. The van der Waals surface area contributed by atoms with E-state index in [0.717, 1.165) is 12.2 Å². The molecule has 1 N–H and O–H groups in total. The number of hydrogen-bond acceptors (Lipinski definition) is 3. The zero-order valence-electron chi connectivity index (χ0n) is 11.1. The summed E-state index contributed by atoms with van der Waals surface area (Å²) in [5.74, 6) is 0. The molecule has 0 spiro atoms. The van der Waals surface area contributed by atoms with Gasteiger partial charge in [-0.25, -0.2) is 0 Å². The van der Waals surface area contributed by atoms with E-state index in [1.165, 1.54) is 0 Å². The summed E-state index contributed by atoms with van der Waals surface area (Å²) in [5.41, 5.74) is 1.75. The van der Waals surface area contributed by atoms with Crippen molar-refractivity contribution in [1.82, 2.24) is 4.98 Å². The third kappa shape index (κ3) is 3.56. The van der Waals surface area contributed by atoms with E-state index in [9.17, 15) is 5.11 Å². The van der Waals surface area contributed by atoms with Gasteiger partial charge in [-0.1, -0.05) is 6.08 Å². The lowest BCUT2D eigenvalue weighted by Crippen LogP contribution is -2.41. The largest absolute Gasteiger partial charge is 0.387 e. The van der Waals surface area contributed by atoms with Crippen LogP contribution in [0.3, 0.4) is 0 Å². The first-order valence-corrected chi connectivity index (χ1v) is 5.89. The van der Waals surface area contributed by atoms with E-state index in [1.54, 1.807) is 13.1 Å². The predicted octanol–water partition coefficient (Wildman–Crippen LogP) is 2.93. The van der Waals surface area contributed by atoms with Crippen LogP contribution in [-0.4, -0.2) is 22.2 Å². The monoisotopic (exact) mass is 234 g/mol. The Balaban J connectivity index is 2.99. The Morgan fingerprint density at radius 1 is 1.47 bits per heavy atom. The van der Waals surface area contributed by atoms with Gasteiger partial charge in [0.15, 0.2) is 0 Å². The molecule has 0 saturated heterocycles. The van der Waals surface area contributed by atoms with Gasteiger partial charge in [0.2, 0.25) is 0 Å². The first-order chi connectivity index (χ1) is 7.86. The van der Waals surface area contributed by atoms with Crippen LogP contribution in [-0.2, 0) is 0 Å². The van der Waals surface area contributed by atoms with Crippen molar-refractivity contribution in [2.75, 3.05) is 11.4 Å². The lowest BCUT2D eigenvalue weighted by atomic mass is 10.0. The minimum absolute atomic E-state index is 0.0161. The lowest BCUT2D eigenvalue weighted by molar-refractivity contribution is 0.194. The van der Waals surface area contributed by atoms with E-state index in [0.29, 0.717) is 5.69 Å². The Labute approximate surface area is 104 Å². The molecular weight excluding hydrogens is 212 g/mol. The average molecular weight is 234 g/mol. The molecular formula is C14H22N2O. The maximum atomic E-state index is 9.42. The highest BCUT2D eigenvalue weighted by atomic mass is 16.3. The minimum Gasteiger partial charge on any atom is -0.387 e. The molecule has 0 aliphatic heterocycles. The number of rotatable bonds is 4. The molecule has 0 radical (unpaired) electrons. The number of nitrogens with zero attached hydrogens (tertiary/aromatic N) is 2. The van der Waals surface area contributed by atoms with E-state index < -0.39 is 6.10 Å². The van der Waals surface area contributed by atoms with Crippen molar-refractivity contribution in [3.8, 4) is 0 Å². The minimum atomic E-state index is -0.522. The first-order valence-electron chi connectivity index (χ1n) is 5.89. The summed E-state index contributed by atoms with van der Waals surface area (Å²) in [6.07, 6.45) is 3.16. The van der Waals surface area contributed by atoms with Gasteiger partial charge in [0.1, 0.15) is 0 Å². The summed E-state index contributed by atoms with van der Waals surface area (Å²) in [6, 6.07) is 3.85. The normalized spacial score (nSPS) is 13.2. The summed E-state index contributed by atoms with van der Waals surface area (Å²) < 4.78 is 0. The van der Waals surface area contributed by atoms with Gasteiger partial charge in [0.25, 0.3) is 0 Å². The molecule has 1 rings (SSSR count). The number of aliphatic hydroxyl groups is 1. The molecule has 1 unspecified atom stereocenters. The zero-order chi connectivity index (χ0) is 13.1. The molecule has 94 valence electrons. The molecule has 0 aliphatic rings. The van der Waals surface area contributed by atoms with Gasteiger partial charge in [0, 0.05) is 12.1 Å². The number of anilines is 1. The summed E-state index contributed by atoms with van der Waals surface area (Å²) >= 11 is 0. The van der Waals surface area contributed by atoms with E-state index >= 15 is 0 Å². The molecule has 0 saturated carbocycles. The number of pyridine rings is 1. The summed E-state index contributed by atoms with van der Waals surface area (Å²) in [4.78, 5) is 6.49. The first kappa shape index (κ1) is 13.7.